The first kappa shape index (κ1) is 15.1. The van der Waals surface area contributed by atoms with Gasteiger partial charge in [-0.3, -0.25) is 4.79 Å². The van der Waals surface area contributed by atoms with Gasteiger partial charge < -0.3 is 9.16 Å². The van der Waals surface area contributed by atoms with Crippen molar-refractivity contribution in [2.45, 2.75) is 58.0 Å². The van der Waals surface area contributed by atoms with Crippen molar-refractivity contribution in [3.8, 4) is 0 Å². The summed E-state index contributed by atoms with van der Waals surface area (Å²) in [5, 5.41) is 0.0544. The molecule has 0 bridgehead atoms. The Labute approximate surface area is 109 Å². The van der Waals surface area contributed by atoms with Crippen molar-refractivity contribution >= 4 is 20.1 Å². The summed E-state index contributed by atoms with van der Waals surface area (Å²) in [5.74, 6) is -0.689. The lowest BCUT2D eigenvalue weighted by atomic mass is 10.1. The topological polar surface area (TPSA) is 52.6 Å². The molecule has 1 heterocycles. The maximum atomic E-state index is 11.7. The number of carbonyl (C=O) groups excluding carboxylic acids is 2. The summed E-state index contributed by atoms with van der Waals surface area (Å²) in [6.45, 7) is 12.4. The molecule has 1 aliphatic rings. The van der Waals surface area contributed by atoms with Crippen LogP contribution >= 0.6 is 0 Å². The molecule has 0 aromatic heterocycles. The highest BCUT2D eigenvalue weighted by molar-refractivity contribution is 6.74. The van der Waals surface area contributed by atoms with Crippen LogP contribution < -0.4 is 0 Å². The second kappa shape index (κ2) is 4.97. The molecule has 0 unspecified atom stereocenters. The minimum absolute atomic E-state index is 0.0544. The average Bonchev–Trinajstić information content (AvgIpc) is 2.19. The normalized spacial score (nSPS) is 22.9. The molecule has 0 amide bonds. The first-order valence-electron chi connectivity index (χ1n) is 6.15. The fourth-order valence-corrected chi connectivity index (χ4v) is 2.90. The van der Waals surface area contributed by atoms with Crippen LogP contribution in [-0.4, -0.2) is 32.3 Å². The maximum absolute atomic E-state index is 11.7. The van der Waals surface area contributed by atoms with E-state index in [0.717, 1.165) is 6.08 Å². The van der Waals surface area contributed by atoms with Crippen LogP contribution in [0.2, 0.25) is 18.1 Å². The van der Waals surface area contributed by atoms with Crippen molar-refractivity contribution in [2.24, 2.45) is 0 Å². The third-order valence-electron chi connectivity index (χ3n) is 3.62. The molecule has 0 aromatic rings. The van der Waals surface area contributed by atoms with Gasteiger partial charge in [-0.1, -0.05) is 20.8 Å². The molecule has 1 aliphatic heterocycles. The second-order valence-corrected chi connectivity index (χ2v) is 10.9. The van der Waals surface area contributed by atoms with Crippen molar-refractivity contribution in [1.82, 2.24) is 0 Å². The molecule has 0 aliphatic carbocycles. The zero-order chi connectivity index (χ0) is 14.1. The number of cyclic esters (lactones) is 1. The minimum Gasteiger partial charge on any atom is -0.448 e. The summed E-state index contributed by atoms with van der Waals surface area (Å²) in [4.78, 5) is 22.9. The van der Waals surface area contributed by atoms with Gasteiger partial charge in [-0.05, 0) is 31.1 Å². The van der Waals surface area contributed by atoms with Gasteiger partial charge in [0.05, 0.1) is 6.10 Å². The lowest BCUT2D eigenvalue weighted by Crippen LogP contribution is -2.49. The molecule has 102 valence electrons. The smallest absolute Gasteiger partial charge is 0.331 e. The van der Waals surface area contributed by atoms with Gasteiger partial charge in [0, 0.05) is 6.08 Å². The van der Waals surface area contributed by atoms with Crippen LogP contribution in [0.4, 0.5) is 0 Å². The average molecular weight is 270 g/mol. The van der Waals surface area contributed by atoms with E-state index in [1.54, 1.807) is 6.92 Å². The van der Waals surface area contributed by atoms with Crippen LogP contribution in [0.25, 0.3) is 0 Å². The number of carbonyl (C=O) groups is 2. The Hall–Kier alpha value is -0.943. The van der Waals surface area contributed by atoms with Crippen molar-refractivity contribution < 1.29 is 18.8 Å². The van der Waals surface area contributed by atoms with E-state index in [1.807, 2.05) is 0 Å². The molecule has 1 rings (SSSR count). The van der Waals surface area contributed by atoms with Gasteiger partial charge in [0.2, 0.25) is 0 Å². The summed E-state index contributed by atoms with van der Waals surface area (Å²) in [7, 11) is -1.97. The molecule has 0 saturated heterocycles. The lowest BCUT2D eigenvalue weighted by molar-refractivity contribution is -0.156. The van der Waals surface area contributed by atoms with E-state index in [1.165, 1.54) is 6.08 Å². The quantitative estimate of drug-likeness (QED) is 0.584. The Balaban J connectivity index is 2.77. The van der Waals surface area contributed by atoms with E-state index >= 15 is 0 Å². The summed E-state index contributed by atoms with van der Waals surface area (Å²) >= 11 is 0. The van der Waals surface area contributed by atoms with Crippen LogP contribution in [0.1, 0.15) is 27.7 Å². The van der Waals surface area contributed by atoms with Gasteiger partial charge in [0.15, 0.2) is 20.2 Å². The molecule has 0 saturated carbocycles. The molecule has 0 aromatic carbocycles. The molecule has 0 N–H and O–H groups in total. The predicted molar refractivity (Wildman–Crippen MR) is 71.8 cm³/mol. The number of ether oxygens (including phenoxy) is 1. The Morgan fingerprint density at radius 3 is 2.33 bits per heavy atom. The van der Waals surface area contributed by atoms with E-state index in [-0.39, 0.29) is 10.8 Å². The van der Waals surface area contributed by atoms with Crippen molar-refractivity contribution in [1.29, 1.82) is 0 Å². The number of hydrogen-bond donors (Lipinski definition) is 0. The van der Waals surface area contributed by atoms with E-state index < -0.39 is 26.5 Å². The number of esters is 1. The third kappa shape index (κ3) is 3.29. The van der Waals surface area contributed by atoms with Crippen LogP contribution in [0.5, 0.6) is 0 Å². The van der Waals surface area contributed by atoms with Gasteiger partial charge in [-0.2, -0.15) is 0 Å². The highest BCUT2D eigenvalue weighted by Gasteiger charge is 2.41. The molecule has 4 nitrogen and oxygen atoms in total. The highest BCUT2D eigenvalue weighted by Crippen LogP contribution is 2.37. The fourth-order valence-electron chi connectivity index (χ4n) is 1.50. The first-order valence-corrected chi connectivity index (χ1v) is 9.06. The Morgan fingerprint density at radius 2 is 1.83 bits per heavy atom. The van der Waals surface area contributed by atoms with Crippen LogP contribution in [0.3, 0.4) is 0 Å². The molecule has 18 heavy (non-hydrogen) atoms. The summed E-state index contributed by atoms with van der Waals surface area (Å²) in [6, 6.07) is 0. The van der Waals surface area contributed by atoms with Crippen molar-refractivity contribution in [2.75, 3.05) is 0 Å². The van der Waals surface area contributed by atoms with Crippen LogP contribution in [0.15, 0.2) is 12.2 Å². The van der Waals surface area contributed by atoms with E-state index in [4.69, 9.17) is 9.16 Å². The molecular formula is C13H22O4Si. The van der Waals surface area contributed by atoms with Crippen LogP contribution in [0, 0.1) is 0 Å². The number of hydrogen-bond acceptors (Lipinski definition) is 4. The minimum atomic E-state index is -1.97. The molecule has 0 fully saturated rings. The lowest BCUT2D eigenvalue weighted by Gasteiger charge is -2.39. The van der Waals surface area contributed by atoms with Crippen molar-refractivity contribution in [3.05, 3.63) is 12.2 Å². The summed E-state index contributed by atoms with van der Waals surface area (Å²) in [5.41, 5.74) is 0. The molecule has 2 atom stereocenters. The van der Waals surface area contributed by atoms with Gasteiger partial charge in [0.25, 0.3) is 0 Å². The second-order valence-electron chi connectivity index (χ2n) is 6.18. The maximum Gasteiger partial charge on any atom is 0.331 e. The van der Waals surface area contributed by atoms with Crippen molar-refractivity contribution in [3.63, 3.8) is 0 Å². The van der Waals surface area contributed by atoms with E-state index in [0.29, 0.717) is 0 Å². The molecule has 0 radical (unpaired) electrons. The van der Waals surface area contributed by atoms with E-state index in [9.17, 15) is 9.59 Å². The standard InChI is InChI=1S/C13H22O4Si/c1-9(17-18(5,6)13(2,3)4)12-10(14)7-8-11(15)16-12/h7-9,12H,1-6H3/t9-,12-/m0/s1. The first-order chi connectivity index (χ1) is 8.04. The molecule has 5 heteroatoms. The molecule has 0 spiro atoms. The number of ketones is 1. The zero-order valence-electron chi connectivity index (χ0n) is 11.9. The zero-order valence-corrected chi connectivity index (χ0v) is 12.9. The van der Waals surface area contributed by atoms with Gasteiger partial charge in [-0.15, -0.1) is 0 Å². The number of rotatable bonds is 3. The predicted octanol–water partition coefficient (Wildman–Crippen LogP) is 2.45. The monoisotopic (exact) mass is 270 g/mol. The SMILES string of the molecule is C[C@H](O[Si](C)(C)C(C)(C)C)[C@@H]1OC(=O)C=CC1=O. The summed E-state index contributed by atoms with van der Waals surface area (Å²) < 4.78 is 11.1. The molecular weight excluding hydrogens is 248 g/mol. The Morgan fingerprint density at radius 1 is 1.28 bits per heavy atom. The Kier molecular flexibility index (Phi) is 4.18. The van der Waals surface area contributed by atoms with Gasteiger partial charge in [-0.25, -0.2) is 4.79 Å². The summed E-state index contributed by atoms with van der Waals surface area (Å²) in [6.07, 6.45) is 1.20. The van der Waals surface area contributed by atoms with Gasteiger partial charge in [0.1, 0.15) is 0 Å². The van der Waals surface area contributed by atoms with Crippen LogP contribution in [-0.2, 0) is 18.8 Å². The largest absolute Gasteiger partial charge is 0.448 e. The third-order valence-corrected chi connectivity index (χ3v) is 8.19. The van der Waals surface area contributed by atoms with Gasteiger partial charge >= 0.3 is 5.97 Å². The van der Waals surface area contributed by atoms with E-state index in [2.05, 4.69) is 33.9 Å². The highest BCUT2D eigenvalue weighted by atomic mass is 28.4. The Bertz CT molecular complexity index is 379. The fraction of sp³-hybridized carbons (Fsp3) is 0.692.